The van der Waals surface area contributed by atoms with Gasteiger partial charge in [0.1, 0.15) is 5.60 Å². The van der Waals surface area contributed by atoms with Gasteiger partial charge in [-0.15, -0.1) is 0 Å². The number of carbonyl (C=O) groups excluding carboxylic acids is 1. The van der Waals surface area contributed by atoms with Crippen molar-refractivity contribution in [2.24, 2.45) is 0 Å². The maximum absolute atomic E-state index is 11.2. The third-order valence-electron chi connectivity index (χ3n) is 1.45. The molecule has 1 N–H and O–H groups in total. The number of carbonyl (C=O) groups is 1. The van der Waals surface area contributed by atoms with Crippen LogP contribution in [0.25, 0.3) is 0 Å². The number of hydrogen-bond donors (Lipinski definition) is 1. The zero-order valence-electron chi connectivity index (χ0n) is 9.26. The molecule has 0 unspecified atom stereocenters. The molecule has 0 aromatic carbocycles. The van der Waals surface area contributed by atoms with Gasteiger partial charge in [-0.3, -0.25) is 0 Å². The van der Waals surface area contributed by atoms with E-state index >= 15 is 0 Å². The lowest BCUT2D eigenvalue weighted by atomic mass is 10.2. The number of nitriles is 1. The molecular weight excluding hydrogens is 180 g/mol. The number of nitrogens with one attached hydrogen (secondary N) is 1. The summed E-state index contributed by atoms with van der Waals surface area (Å²) in [5.74, 6) is 0. The van der Waals surface area contributed by atoms with E-state index in [0.29, 0.717) is 12.8 Å². The van der Waals surface area contributed by atoms with E-state index in [0.717, 1.165) is 0 Å². The number of hydrogen-bond acceptors (Lipinski definition) is 3. The van der Waals surface area contributed by atoms with E-state index in [9.17, 15) is 4.79 Å². The average molecular weight is 198 g/mol. The van der Waals surface area contributed by atoms with Crippen molar-refractivity contribution in [2.45, 2.75) is 52.2 Å². The quantitative estimate of drug-likeness (QED) is 0.756. The van der Waals surface area contributed by atoms with Crippen molar-refractivity contribution in [2.75, 3.05) is 0 Å². The molecule has 0 aliphatic heterocycles. The summed E-state index contributed by atoms with van der Waals surface area (Å²) in [6.45, 7) is 7.28. The van der Waals surface area contributed by atoms with Crippen LogP contribution in [0.1, 0.15) is 40.5 Å². The summed E-state index contributed by atoms with van der Waals surface area (Å²) in [4.78, 5) is 11.2. The molecule has 0 bridgehead atoms. The minimum atomic E-state index is -0.473. The summed E-state index contributed by atoms with van der Waals surface area (Å²) in [7, 11) is 0. The Hall–Kier alpha value is -1.24. The Morgan fingerprint density at radius 1 is 1.57 bits per heavy atom. The van der Waals surface area contributed by atoms with Gasteiger partial charge in [-0.25, -0.2) is 4.79 Å². The molecule has 0 aliphatic rings. The minimum absolute atomic E-state index is 0.0236. The molecule has 1 amide bonds. The van der Waals surface area contributed by atoms with Crippen LogP contribution in [0.3, 0.4) is 0 Å². The van der Waals surface area contributed by atoms with E-state index in [1.807, 2.05) is 33.8 Å². The van der Waals surface area contributed by atoms with Crippen LogP contribution < -0.4 is 5.32 Å². The summed E-state index contributed by atoms with van der Waals surface area (Å²) >= 11 is 0. The Labute approximate surface area is 85.2 Å². The maximum atomic E-state index is 11.2. The highest BCUT2D eigenvalue weighted by Crippen LogP contribution is 2.07. The van der Waals surface area contributed by atoms with Gasteiger partial charge in [-0.1, -0.05) is 0 Å². The van der Waals surface area contributed by atoms with Gasteiger partial charge in [0.05, 0.1) is 6.07 Å². The van der Waals surface area contributed by atoms with Crippen molar-refractivity contribution < 1.29 is 9.53 Å². The van der Waals surface area contributed by atoms with E-state index < -0.39 is 11.7 Å². The number of alkyl carbamates (subject to hydrolysis) is 1. The molecule has 0 fully saturated rings. The van der Waals surface area contributed by atoms with E-state index in [2.05, 4.69) is 5.32 Å². The average Bonchev–Trinajstić information content (AvgIpc) is 1.96. The molecule has 0 aromatic heterocycles. The summed E-state index contributed by atoms with van der Waals surface area (Å²) < 4.78 is 5.06. The lowest BCUT2D eigenvalue weighted by molar-refractivity contribution is 0.0507. The highest BCUT2D eigenvalue weighted by molar-refractivity contribution is 5.67. The largest absolute Gasteiger partial charge is 0.444 e. The molecule has 0 rings (SSSR count). The van der Waals surface area contributed by atoms with Crippen LogP contribution in [0.5, 0.6) is 0 Å². The fraction of sp³-hybridized carbons (Fsp3) is 0.800. The van der Waals surface area contributed by atoms with Gasteiger partial charge in [-0.05, 0) is 34.1 Å². The standard InChI is InChI=1S/C10H18N2O2/c1-8(6-5-7-11)12-9(13)14-10(2,3)4/h8H,5-6H2,1-4H3,(H,12,13)/t8-/m0/s1. The second kappa shape index (κ2) is 5.48. The third kappa shape index (κ3) is 7.41. The first-order chi connectivity index (χ1) is 6.35. The van der Waals surface area contributed by atoms with Crippen molar-refractivity contribution in [3.8, 4) is 6.07 Å². The van der Waals surface area contributed by atoms with E-state index in [1.165, 1.54) is 0 Å². The fourth-order valence-electron chi connectivity index (χ4n) is 0.862. The maximum Gasteiger partial charge on any atom is 0.407 e. The molecule has 0 radical (unpaired) electrons. The fourth-order valence-corrected chi connectivity index (χ4v) is 0.862. The molecule has 0 spiro atoms. The third-order valence-corrected chi connectivity index (χ3v) is 1.45. The van der Waals surface area contributed by atoms with Gasteiger partial charge >= 0.3 is 6.09 Å². The molecule has 80 valence electrons. The van der Waals surface area contributed by atoms with E-state index in [4.69, 9.17) is 10.00 Å². The Kier molecular flexibility index (Phi) is 5.00. The monoisotopic (exact) mass is 198 g/mol. The molecule has 0 aromatic rings. The van der Waals surface area contributed by atoms with Gasteiger partial charge in [0.25, 0.3) is 0 Å². The molecule has 4 heteroatoms. The highest BCUT2D eigenvalue weighted by atomic mass is 16.6. The lowest BCUT2D eigenvalue weighted by Gasteiger charge is -2.21. The normalized spacial score (nSPS) is 12.8. The van der Waals surface area contributed by atoms with Crippen molar-refractivity contribution in [1.82, 2.24) is 5.32 Å². The highest BCUT2D eigenvalue weighted by Gasteiger charge is 2.17. The smallest absolute Gasteiger partial charge is 0.407 e. The van der Waals surface area contributed by atoms with Gasteiger partial charge in [-0.2, -0.15) is 5.26 Å². The Morgan fingerprint density at radius 3 is 2.57 bits per heavy atom. The van der Waals surface area contributed by atoms with Crippen molar-refractivity contribution in [1.29, 1.82) is 5.26 Å². The predicted molar refractivity (Wildman–Crippen MR) is 53.7 cm³/mol. The van der Waals surface area contributed by atoms with Gasteiger partial charge in [0, 0.05) is 12.5 Å². The summed E-state index contributed by atoms with van der Waals surface area (Å²) in [6, 6.07) is 2.00. The Morgan fingerprint density at radius 2 is 2.14 bits per heavy atom. The molecule has 0 saturated carbocycles. The van der Waals surface area contributed by atoms with Crippen LogP contribution in [-0.2, 0) is 4.74 Å². The molecule has 0 aliphatic carbocycles. The molecule has 0 saturated heterocycles. The second-order valence-electron chi connectivity index (χ2n) is 4.24. The molecular formula is C10H18N2O2. The Balaban J connectivity index is 3.78. The molecule has 0 heterocycles. The van der Waals surface area contributed by atoms with E-state index in [1.54, 1.807) is 0 Å². The van der Waals surface area contributed by atoms with Crippen LogP contribution in [0.4, 0.5) is 4.79 Å². The zero-order chi connectivity index (χ0) is 11.2. The number of amides is 1. The van der Waals surface area contributed by atoms with Crippen molar-refractivity contribution in [3.05, 3.63) is 0 Å². The number of ether oxygens (including phenoxy) is 1. The van der Waals surface area contributed by atoms with Crippen LogP contribution in [-0.4, -0.2) is 17.7 Å². The van der Waals surface area contributed by atoms with Crippen LogP contribution in [0, 0.1) is 11.3 Å². The van der Waals surface area contributed by atoms with Crippen LogP contribution in [0.15, 0.2) is 0 Å². The summed E-state index contributed by atoms with van der Waals surface area (Å²) in [5, 5.41) is 11.0. The topological polar surface area (TPSA) is 62.1 Å². The van der Waals surface area contributed by atoms with Crippen LogP contribution in [0.2, 0.25) is 0 Å². The summed E-state index contributed by atoms with van der Waals surface area (Å²) in [5.41, 5.74) is -0.473. The van der Waals surface area contributed by atoms with Crippen molar-refractivity contribution in [3.63, 3.8) is 0 Å². The lowest BCUT2D eigenvalue weighted by Crippen LogP contribution is -2.37. The van der Waals surface area contributed by atoms with Crippen LogP contribution >= 0.6 is 0 Å². The summed E-state index contributed by atoms with van der Waals surface area (Å²) in [6.07, 6.45) is 0.662. The number of rotatable bonds is 3. The first-order valence-electron chi connectivity index (χ1n) is 4.71. The Bertz CT molecular complexity index is 225. The molecule has 14 heavy (non-hydrogen) atoms. The minimum Gasteiger partial charge on any atom is -0.444 e. The predicted octanol–water partition coefficient (Wildman–Crippen LogP) is 2.20. The van der Waals surface area contributed by atoms with Gasteiger partial charge in [0.15, 0.2) is 0 Å². The molecule has 4 nitrogen and oxygen atoms in total. The second-order valence-corrected chi connectivity index (χ2v) is 4.24. The number of nitrogens with zero attached hydrogens (tertiary/aromatic N) is 1. The van der Waals surface area contributed by atoms with Gasteiger partial charge < -0.3 is 10.1 Å². The van der Waals surface area contributed by atoms with E-state index in [-0.39, 0.29) is 6.04 Å². The molecule has 1 atom stereocenters. The zero-order valence-corrected chi connectivity index (χ0v) is 9.26. The first-order valence-corrected chi connectivity index (χ1v) is 4.71. The van der Waals surface area contributed by atoms with Gasteiger partial charge in [0.2, 0.25) is 0 Å². The van der Waals surface area contributed by atoms with Crippen molar-refractivity contribution >= 4 is 6.09 Å². The SMILES string of the molecule is C[C@@H](CCC#N)NC(=O)OC(C)(C)C. The first kappa shape index (κ1) is 12.8.